The van der Waals surface area contributed by atoms with E-state index in [-0.39, 0.29) is 0 Å². The van der Waals surface area contributed by atoms with Crippen molar-refractivity contribution in [2.24, 2.45) is 5.73 Å². The summed E-state index contributed by atoms with van der Waals surface area (Å²) >= 11 is 0. The van der Waals surface area contributed by atoms with Gasteiger partial charge in [-0.05, 0) is 25.1 Å². The SMILES string of the molecule is NCCCc1nc(-c2ccc3ccccc3n2)n[nH]1. The number of fused-ring (bicyclic) bond motifs is 1. The number of pyridine rings is 1. The van der Waals surface area contributed by atoms with E-state index in [2.05, 4.69) is 20.2 Å². The molecule has 2 heterocycles. The van der Waals surface area contributed by atoms with Gasteiger partial charge in [-0.2, -0.15) is 5.10 Å². The van der Waals surface area contributed by atoms with E-state index in [1.165, 1.54) is 0 Å². The number of nitrogens with one attached hydrogen (secondary N) is 1. The summed E-state index contributed by atoms with van der Waals surface area (Å²) in [5, 5.41) is 8.25. The smallest absolute Gasteiger partial charge is 0.199 e. The molecule has 0 saturated heterocycles. The van der Waals surface area contributed by atoms with Gasteiger partial charge < -0.3 is 5.73 Å². The highest BCUT2D eigenvalue weighted by Crippen LogP contribution is 2.17. The summed E-state index contributed by atoms with van der Waals surface area (Å²) in [7, 11) is 0. The molecule has 0 fully saturated rings. The number of nitrogens with two attached hydrogens (primary N) is 1. The number of H-pyrrole nitrogens is 1. The molecule has 0 spiro atoms. The number of aromatic nitrogens is 4. The maximum absolute atomic E-state index is 5.48. The standard InChI is InChI=1S/C14H15N5/c15-9-3-6-13-17-14(19-18-13)12-8-7-10-4-1-2-5-11(10)16-12/h1-2,4-5,7-8H,3,6,9,15H2,(H,17,18,19). The minimum Gasteiger partial charge on any atom is -0.330 e. The molecular weight excluding hydrogens is 238 g/mol. The zero-order chi connectivity index (χ0) is 13.1. The molecule has 0 aliphatic heterocycles. The lowest BCUT2D eigenvalue weighted by molar-refractivity contribution is 0.785. The maximum atomic E-state index is 5.48. The second-order valence-electron chi connectivity index (χ2n) is 4.39. The van der Waals surface area contributed by atoms with Crippen molar-refractivity contribution in [2.45, 2.75) is 12.8 Å². The lowest BCUT2D eigenvalue weighted by atomic mass is 10.2. The van der Waals surface area contributed by atoms with Crippen molar-refractivity contribution >= 4 is 10.9 Å². The average Bonchev–Trinajstić information content (AvgIpc) is 2.93. The molecule has 2 aromatic heterocycles. The quantitative estimate of drug-likeness (QED) is 0.744. The molecule has 19 heavy (non-hydrogen) atoms. The van der Waals surface area contributed by atoms with Crippen LogP contribution in [0.2, 0.25) is 0 Å². The van der Waals surface area contributed by atoms with E-state index >= 15 is 0 Å². The van der Waals surface area contributed by atoms with Crippen molar-refractivity contribution in [3.63, 3.8) is 0 Å². The van der Waals surface area contributed by atoms with Crippen LogP contribution in [-0.2, 0) is 6.42 Å². The Balaban J connectivity index is 1.92. The topological polar surface area (TPSA) is 80.5 Å². The minimum atomic E-state index is 0.637. The first-order valence-corrected chi connectivity index (χ1v) is 6.34. The number of benzene rings is 1. The van der Waals surface area contributed by atoms with Gasteiger partial charge in [0.25, 0.3) is 0 Å². The lowest BCUT2D eigenvalue weighted by Gasteiger charge is -1.98. The fourth-order valence-corrected chi connectivity index (χ4v) is 1.98. The van der Waals surface area contributed by atoms with Crippen LogP contribution in [0.5, 0.6) is 0 Å². The highest BCUT2D eigenvalue weighted by molar-refractivity contribution is 5.80. The molecule has 0 aliphatic carbocycles. The second-order valence-corrected chi connectivity index (χ2v) is 4.39. The van der Waals surface area contributed by atoms with E-state index in [0.717, 1.165) is 35.3 Å². The van der Waals surface area contributed by atoms with Gasteiger partial charge in [0, 0.05) is 11.8 Å². The first kappa shape index (κ1) is 11.8. The number of nitrogens with zero attached hydrogens (tertiary/aromatic N) is 3. The third kappa shape index (κ3) is 2.46. The van der Waals surface area contributed by atoms with Crippen molar-refractivity contribution in [3.05, 3.63) is 42.2 Å². The third-order valence-corrected chi connectivity index (χ3v) is 2.98. The molecule has 3 aromatic rings. The molecule has 1 aromatic carbocycles. The zero-order valence-electron chi connectivity index (χ0n) is 10.5. The number of aromatic amines is 1. The normalized spacial score (nSPS) is 11.0. The summed E-state index contributed by atoms with van der Waals surface area (Å²) in [5.74, 6) is 1.49. The van der Waals surface area contributed by atoms with Gasteiger partial charge in [0.2, 0.25) is 0 Å². The van der Waals surface area contributed by atoms with Crippen molar-refractivity contribution in [2.75, 3.05) is 6.54 Å². The van der Waals surface area contributed by atoms with Gasteiger partial charge in [-0.25, -0.2) is 9.97 Å². The van der Waals surface area contributed by atoms with E-state index in [0.29, 0.717) is 12.4 Å². The van der Waals surface area contributed by atoms with Crippen molar-refractivity contribution in [1.82, 2.24) is 20.2 Å². The maximum Gasteiger partial charge on any atom is 0.199 e. The molecule has 0 amide bonds. The molecule has 3 N–H and O–H groups in total. The van der Waals surface area contributed by atoms with E-state index in [1.54, 1.807) is 0 Å². The van der Waals surface area contributed by atoms with Gasteiger partial charge in [-0.15, -0.1) is 0 Å². The Labute approximate surface area is 110 Å². The summed E-state index contributed by atoms with van der Waals surface area (Å²) in [5.41, 5.74) is 7.22. The Hall–Kier alpha value is -2.27. The average molecular weight is 253 g/mol. The van der Waals surface area contributed by atoms with Crippen LogP contribution in [-0.4, -0.2) is 26.7 Å². The van der Waals surface area contributed by atoms with E-state index in [4.69, 9.17) is 5.73 Å². The fourth-order valence-electron chi connectivity index (χ4n) is 1.98. The molecule has 5 heteroatoms. The molecule has 3 rings (SSSR count). The number of hydrogen-bond donors (Lipinski definition) is 2. The molecule has 0 bridgehead atoms. The third-order valence-electron chi connectivity index (χ3n) is 2.98. The number of hydrogen-bond acceptors (Lipinski definition) is 4. The Morgan fingerprint density at radius 3 is 2.84 bits per heavy atom. The van der Waals surface area contributed by atoms with Crippen molar-refractivity contribution in [3.8, 4) is 11.5 Å². The first-order chi connectivity index (χ1) is 9.36. The molecule has 5 nitrogen and oxygen atoms in total. The predicted octanol–water partition coefficient (Wildman–Crippen LogP) is 1.91. The lowest BCUT2D eigenvalue weighted by Crippen LogP contribution is -2.01. The minimum absolute atomic E-state index is 0.637. The summed E-state index contributed by atoms with van der Waals surface area (Å²) in [6, 6.07) is 12.0. The molecule has 0 aliphatic rings. The predicted molar refractivity (Wildman–Crippen MR) is 74.5 cm³/mol. The molecule has 0 radical (unpaired) electrons. The molecule has 0 saturated carbocycles. The van der Waals surface area contributed by atoms with Crippen LogP contribution in [0.3, 0.4) is 0 Å². The Morgan fingerprint density at radius 1 is 1.05 bits per heavy atom. The van der Waals surface area contributed by atoms with Gasteiger partial charge in [-0.3, -0.25) is 5.10 Å². The summed E-state index contributed by atoms with van der Waals surface area (Å²) in [6.45, 7) is 0.657. The molecular formula is C14H15N5. The van der Waals surface area contributed by atoms with Gasteiger partial charge in [0.1, 0.15) is 11.5 Å². The van der Waals surface area contributed by atoms with Crippen molar-refractivity contribution in [1.29, 1.82) is 0 Å². The van der Waals surface area contributed by atoms with E-state index in [1.807, 2.05) is 36.4 Å². The Bertz CT molecular complexity index is 689. The fraction of sp³-hybridized carbons (Fsp3) is 0.214. The highest BCUT2D eigenvalue weighted by atomic mass is 15.2. The first-order valence-electron chi connectivity index (χ1n) is 6.34. The van der Waals surface area contributed by atoms with Crippen LogP contribution >= 0.6 is 0 Å². The zero-order valence-corrected chi connectivity index (χ0v) is 10.5. The molecule has 0 unspecified atom stereocenters. The molecule has 96 valence electrons. The summed E-state index contributed by atoms with van der Waals surface area (Å²) < 4.78 is 0. The molecule has 0 atom stereocenters. The van der Waals surface area contributed by atoms with Crippen LogP contribution in [0, 0.1) is 0 Å². The van der Waals surface area contributed by atoms with Gasteiger partial charge >= 0.3 is 0 Å². The van der Waals surface area contributed by atoms with E-state index in [9.17, 15) is 0 Å². The number of para-hydroxylation sites is 1. The van der Waals surface area contributed by atoms with E-state index < -0.39 is 0 Å². The van der Waals surface area contributed by atoms with Gasteiger partial charge in [0.15, 0.2) is 5.82 Å². The van der Waals surface area contributed by atoms with Crippen LogP contribution in [0.4, 0.5) is 0 Å². The Morgan fingerprint density at radius 2 is 1.95 bits per heavy atom. The van der Waals surface area contributed by atoms with Gasteiger partial charge in [0.05, 0.1) is 5.52 Å². The van der Waals surface area contributed by atoms with Gasteiger partial charge in [-0.1, -0.05) is 24.3 Å². The second kappa shape index (κ2) is 5.16. The van der Waals surface area contributed by atoms with Crippen LogP contribution in [0.25, 0.3) is 22.4 Å². The van der Waals surface area contributed by atoms with Crippen molar-refractivity contribution < 1.29 is 0 Å². The van der Waals surface area contributed by atoms with Crippen LogP contribution in [0.15, 0.2) is 36.4 Å². The highest BCUT2D eigenvalue weighted by Gasteiger charge is 2.07. The summed E-state index contributed by atoms with van der Waals surface area (Å²) in [4.78, 5) is 9.01. The van der Waals surface area contributed by atoms with Crippen LogP contribution in [0.1, 0.15) is 12.2 Å². The van der Waals surface area contributed by atoms with Crippen LogP contribution < -0.4 is 5.73 Å². The number of aryl methyl sites for hydroxylation is 1. The largest absolute Gasteiger partial charge is 0.330 e. The number of rotatable bonds is 4. The Kier molecular flexibility index (Phi) is 3.20. The monoisotopic (exact) mass is 253 g/mol. The summed E-state index contributed by atoms with van der Waals surface area (Å²) in [6.07, 6.45) is 1.72.